The highest BCUT2D eigenvalue weighted by atomic mass is 16.5. The van der Waals surface area contributed by atoms with Crippen LogP contribution in [0.15, 0.2) is 48.5 Å². The van der Waals surface area contributed by atoms with Crippen LogP contribution in [0, 0.1) is 5.41 Å². The van der Waals surface area contributed by atoms with E-state index < -0.39 is 6.04 Å². The minimum atomic E-state index is -0.539. The van der Waals surface area contributed by atoms with E-state index in [1.807, 2.05) is 76.2 Å². The van der Waals surface area contributed by atoms with Crippen molar-refractivity contribution in [2.45, 2.75) is 39.8 Å². The molecule has 0 bridgehead atoms. The molecule has 2 aromatic rings. The second-order valence-electron chi connectivity index (χ2n) is 7.40. The van der Waals surface area contributed by atoms with Gasteiger partial charge >= 0.3 is 0 Å². The third kappa shape index (κ3) is 4.60. The van der Waals surface area contributed by atoms with Gasteiger partial charge < -0.3 is 15.8 Å². The summed E-state index contributed by atoms with van der Waals surface area (Å²) in [7, 11) is 1.67. The molecule has 0 fully saturated rings. The molecule has 1 unspecified atom stereocenters. The monoisotopic (exact) mass is 340 g/mol. The van der Waals surface area contributed by atoms with Crippen LogP contribution in [0.5, 0.6) is 5.75 Å². The molecule has 4 nitrogen and oxygen atoms in total. The molecule has 1 amide bonds. The van der Waals surface area contributed by atoms with E-state index in [1.165, 1.54) is 0 Å². The van der Waals surface area contributed by atoms with Gasteiger partial charge in [0.2, 0.25) is 5.91 Å². The summed E-state index contributed by atoms with van der Waals surface area (Å²) in [6.07, 6.45) is 0. The van der Waals surface area contributed by atoms with Gasteiger partial charge in [-0.2, -0.15) is 0 Å². The van der Waals surface area contributed by atoms with E-state index in [-0.39, 0.29) is 17.4 Å². The van der Waals surface area contributed by atoms with Gasteiger partial charge in [-0.15, -0.1) is 0 Å². The number of amides is 1. The molecule has 25 heavy (non-hydrogen) atoms. The Morgan fingerprint density at radius 1 is 1.08 bits per heavy atom. The molecule has 0 heterocycles. The molecule has 0 aliphatic carbocycles. The average molecular weight is 340 g/mol. The number of hydrogen-bond donors (Lipinski definition) is 2. The second-order valence-corrected chi connectivity index (χ2v) is 7.40. The Morgan fingerprint density at radius 3 is 2.24 bits per heavy atom. The minimum absolute atomic E-state index is 0.104. The van der Waals surface area contributed by atoms with Gasteiger partial charge in [-0.05, 0) is 29.5 Å². The molecule has 4 heteroatoms. The first-order chi connectivity index (χ1) is 11.7. The molecule has 0 spiro atoms. The zero-order chi connectivity index (χ0) is 18.6. The number of ether oxygens (including phenoxy) is 1. The average Bonchev–Trinajstić information content (AvgIpc) is 2.60. The molecule has 2 rings (SSSR count). The van der Waals surface area contributed by atoms with E-state index in [4.69, 9.17) is 10.5 Å². The SMILES string of the molecule is COc1ccccc1-c1ccc(C(C)NC(=O)[C@@H](N)C(C)(C)C)cc1. The molecular formula is C21H28N2O2. The molecule has 0 aromatic heterocycles. The minimum Gasteiger partial charge on any atom is -0.496 e. The topological polar surface area (TPSA) is 64.3 Å². The van der Waals surface area contributed by atoms with Crippen LogP contribution in [-0.4, -0.2) is 19.1 Å². The lowest BCUT2D eigenvalue weighted by molar-refractivity contribution is -0.125. The van der Waals surface area contributed by atoms with Crippen LogP contribution in [0.3, 0.4) is 0 Å². The molecule has 2 atom stereocenters. The fraction of sp³-hybridized carbons (Fsp3) is 0.381. The summed E-state index contributed by atoms with van der Waals surface area (Å²) < 4.78 is 5.42. The van der Waals surface area contributed by atoms with Gasteiger partial charge in [-0.1, -0.05) is 63.2 Å². The Labute approximate surface area is 150 Å². The smallest absolute Gasteiger partial charge is 0.237 e. The molecule has 0 saturated carbocycles. The highest BCUT2D eigenvalue weighted by molar-refractivity contribution is 5.82. The third-order valence-corrected chi connectivity index (χ3v) is 4.40. The Kier molecular flexibility index (Phi) is 5.85. The van der Waals surface area contributed by atoms with Crippen molar-refractivity contribution in [2.24, 2.45) is 11.1 Å². The van der Waals surface area contributed by atoms with Crippen LogP contribution in [0.25, 0.3) is 11.1 Å². The third-order valence-electron chi connectivity index (χ3n) is 4.40. The number of methoxy groups -OCH3 is 1. The van der Waals surface area contributed by atoms with Crippen molar-refractivity contribution in [3.63, 3.8) is 0 Å². The predicted molar refractivity (Wildman–Crippen MR) is 102 cm³/mol. The van der Waals surface area contributed by atoms with Crippen LogP contribution in [0.2, 0.25) is 0 Å². The van der Waals surface area contributed by atoms with Gasteiger partial charge in [-0.3, -0.25) is 4.79 Å². The van der Waals surface area contributed by atoms with Crippen molar-refractivity contribution in [3.8, 4) is 16.9 Å². The van der Waals surface area contributed by atoms with Crippen molar-refractivity contribution >= 4 is 5.91 Å². The first kappa shape index (κ1) is 19.0. The molecule has 2 aromatic carbocycles. The summed E-state index contributed by atoms with van der Waals surface area (Å²) >= 11 is 0. The number of carbonyl (C=O) groups is 1. The Bertz CT molecular complexity index is 717. The Morgan fingerprint density at radius 2 is 1.68 bits per heavy atom. The number of rotatable bonds is 5. The van der Waals surface area contributed by atoms with E-state index in [2.05, 4.69) is 5.32 Å². The van der Waals surface area contributed by atoms with Crippen molar-refractivity contribution in [1.29, 1.82) is 0 Å². The zero-order valence-electron chi connectivity index (χ0n) is 15.7. The van der Waals surface area contributed by atoms with E-state index in [1.54, 1.807) is 7.11 Å². The van der Waals surface area contributed by atoms with Gasteiger partial charge in [0.15, 0.2) is 0 Å². The molecule has 0 radical (unpaired) electrons. The Balaban J connectivity index is 2.13. The predicted octanol–water partition coefficient (Wildman–Crippen LogP) is 3.91. The summed E-state index contributed by atoms with van der Waals surface area (Å²) in [5, 5.41) is 3.00. The standard InChI is InChI=1S/C21H28N2O2/c1-14(23-20(24)19(22)21(2,3)4)15-10-12-16(13-11-15)17-8-6-7-9-18(17)25-5/h6-14,19H,22H2,1-5H3,(H,23,24)/t14?,19-/m1/s1. The maximum Gasteiger partial charge on any atom is 0.237 e. The van der Waals surface area contributed by atoms with Crippen molar-refractivity contribution in [3.05, 3.63) is 54.1 Å². The molecular weight excluding hydrogens is 312 g/mol. The van der Waals surface area contributed by atoms with Gasteiger partial charge in [0.05, 0.1) is 19.2 Å². The second kappa shape index (κ2) is 7.70. The Hall–Kier alpha value is -2.33. The fourth-order valence-electron chi connectivity index (χ4n) is 2.61. The van der Waals surface area contributed by atoms with Gasteiger partial charge in [0.1, 0.15) is 5.75 Å². The summed E-state index contributed by atoms with van der Waals surface area (Å²) in [6.45, 7) is 7.85. The lowest BCUT2D eigenvalue weighted by Gasteiger charge is -2.27. The first-order valence-corrected chi connectivity index (χ1v) is 8.53. The molecule has 3 N–H and O–H groups in total. The fourth-order valence-corrected chi connectivity index (χ4v) is 2.61. The number of benzene rings is 2. The highest BCUT2D eigenvalue weighted by Gasteiger charge is 2.28. The van der Waals surface area contributed by atoms with E-state index >= 15 is 0 Å². The summed E-state index contributed by atoms with van der Waals surface area (Å²) in [5.41, 5.74) is 8.92. The number of hydrogen-bond acceptors (Lipinski definition) is 3. The zero-order valence-corrected chi connectivity index (χ0v) is 15.7. The summed E-state index contributed by atoms with van der Waals surface area (Å²) in [4.78, 5) is 12.3. The number of nitrogens with one attached hydrogen (secondary N) is 1. The van der Waals surface area contributed by atoms with E-state index in [9.17, 15) is 4.79 Å². The van der Waals surface area contributed by atoms with Crippen LogP contribution in [0.1, 0.15) is 39.3 Å². The molecule has 134 valence electrons. The maximum atomic E-state index is 12.3. The van der Waals surface area contributed by atoms with Crippen molar-refractivity contribution < 1.29 is 9.53 Å². The first-order valence-electron chi connectivity index (χ1n) is 8.53. The number of carbonyl (C=O) groups excluding carboxylic acids is 1. The van der Waals surface area contributed by atoms with Gasteiger partial charge in [-0.25, -0.2) is 0 Å². The highest BCUT2D eigenvalue weighted by Crippen LogP contribution is 2.30. The normalized spacial score (nSPS) is 13.8. The largest absolute Gasteiger partial charge is 0.496 e. The number of nitrogens with two attached hydrogens (primary N) is 1. The molecule has 0 saturated heterocycles. The van der Waals surface area contributed by atoms with Crippen molar-refractivity contribution in [1.82, 2.24) is 5.32 Å². The van der Waals surface area contributed by atoms with Crippen LogP contribution < -0.4 is 15.8 Å². The van der Waals surface area contributed by atoms with Gasteiger partial charge in [0.25, 0.3) is 0 Å². The number of para-hydroxylation sites is 1. The maximum absolute atomic E-state index is 12.3. The van der Waals surface area contributed by atoms with Gasteiger partial charge in [0, 0.05) is 5.56 Å². The van der Waals surface area contributed by atoms with Crippen LogP contribution in [-0.2, 0) is 4.79 Å². The lowest BCUT2D eigenvalue weighted by Crippen LogP contribution is -2.49. The van der Waals surface area contributed by atoms with E-state index in [0.29, 0.717) is 0 Å². The van der Waals surface area contributed by atoms with E-state index in [0.717, 1.165) is 22.4 Å². The van der Waals surface area contributed by atoms with Crippen LogP contribution in [0.4, 0.5) is 0 Å². The summed E-state index contributed by atoms with van der Waals surface area (Å²) in [6, 6.07) is 15.4. The molecule has 0 aliphatic heterocycles. The lowest BCUT2D eigenvalue weighted by atomic mass is 9.86. The van der Waals surface area contributed by atoms with Crippen LogP contribution >= 0.6 is 0 Å². The quantitative estimate of drug-likeness (QED) is 0.867. The van der Waals surface area contributed by atoms with Crippen molar-refractivity contribution in [2.75, 3.05) is 7.11 Å². The summed E-state index contributed by atoms with van der Waals surface area (Å²) in [5.74, 6) is 0.710. The molecule has 0 aliphatic rings.